The summed E-state index contributed by atoms with van der Waals surface area (Å²) < 4.78 is 3.54. The Balaban J connectivity index is 1.75. The van der Waals surface area contributed by atoms with Crippen LogP contribution in [-0.4, -0.2) is 27.4 Å². The lowest BCUT2D eigenvalue weighted by Crippen LogP contribution is -2.31. The number of benzene rings is 1. The molecule has 0 spiro atoms. The van der Waals surface area contributed by atoms with E-state index in [1.165, 1.54) is 19.3 Å². The molecular weight excluding hydrogens is 288 g/mol. The van der Waals surface area contributed by atoms with E-state index in [0.717, 1.165) is 44.0 Å². The molecule has 4 rings (SSSR count). The van der Waals surface area contributed by atoms with Gasteiger partial charge in [-0.3, -0.25) is 0 Å². The molecule has 1 aromatic heterocycles. The van der Waals surface area contributed by atoms with Crippen LogP contribution in [0.5, 0.6) is 0 Å². The molecule has 1 aliphatic heterocycles. The first kappa shape index (κ1) is 14.7. The summed E-state index contributed by atoms with van der Waals surface area (Å²) in [6, 6.07) is 9.93. The summed E-state index contributed by atoms with van der Waals surface area (Å²) in [6.07, 6.45) is 5.98. The van der Waals surface area contributed by atoms with Crippen molar-refractivity contribution in [1.82, 2.24) is 19.7 Å². The second-order valence-corrected chi connectivity index (χ2v) is 6.83. The SMILES string of the molecule is O=c1n(CC2CCC2)nc([C@H]2CCCNC2)n1-c1ccccc1. The van der Waals surface area contributed by atoms with Gasteiger partial charge in [-0.1, -0.05) is 24.6 Å². The van der Waals surface area contributed by atoms with E-state index in [0.29, 0.717) is 11.8 Å². The molecule has 5 heteroatoms. The van der Waals surface area contributed by atoms with Gasteiger partial charge in [0.15, 0.2) is 0 Å². The van der Waals surface area contributed by atoms with Crippen molar-refractivity contribution >= 4 is 0 Å². The number of nitrogens with zero attached hydrogens (tertiary/aromatic N) is 3. The molecule has 0 unspecified atom stereocenters. The summed E-state index contributed by atoms with van der Waals surface area (Å²) in [7, 11) is 0. The quantitative estimate of drug-likeness (QED) is 0.942. The minimum Gasteiger partial charge on any atom is -0.316 e. The van der Waals surface area contributed by atoms with Crippen molar-refractivity contribution in [1.29, 1.82) is 0 Å². The second-order valence-electron chi connectivity index (χ2n) is 6.83. The van der Waals surface area contributed by atoms with Gasteiger partial charge in [0.05, 0.1) is 5.69 Å². The average molecular weight is 312 g/mol. The van der Waals surface area contributed by atoms with Crippen LogP contribution in [0.15, 0.2) is 35.1 Å². The Morgan fingerprint density at radius 3 is 2.61 bits per heavy atom. The van der Waals surface area contributed by atoms with E-state index in [4.69, 9.17) is 5.10 Å². The molecule has 1 aliphatic carbocycles. The van der Waals surface area contributed by atoms with E-state index in [1.807, 2.05) is 34.9 Å². The van der Waals surface area contributed by atoms with E-state index in [9.17, 15) is 4.79 Å². The van der Waals surface area contributed by atoms with E-state index >= 15 is 0 Å². The zero-order valence-corrected chi connectivity index (χ0v) is 13.4. The first-order valence-corrected chi connectivity index (χ1v) is 8.79. The second kappa shape index (κ2) is 6.32. The molecule has 1 saturated carbocycles. The molecule has 1 atom stereocenters. The summed E-state index contributed by atoms with van der Waals surface area (Å²) >= 11 is 0. The zero-order chi connectivity index (χ0) is 15.6. The monoisotopic (exact) mass is 312 g/mol. The standard InChI is InChI=1S/C18H24N4O/c23-18-21(13-14-6-4-7-14)20-17(15-8-5-11-19-12-15)22(18)16-9-2-1-3-10-16/h1-3,9-10,14-15,19H,4-8,11-13H2/t15-/m0/s1. The fraction of sp³-hybridized carbons (Fsp3) is 0.556. The third-order valence-corrected chi connectivity index (χ3v) is 5.20. The lowest BCUT2D eigenvalue weighted by atomic mass is 9.85. The third kappa shape index (κ3) is 2.85. The number of hydrogen-bond donors (Lipinski definition) is 1. The van der Waals surface area contributed by atoms with Crippen molar-refractivity contribution in [3.8, 4) is 5.69 Å². The Kier molecular flexibility index (Phi) is 4.04. The van der Waals surface area contributed by atoms with Gasteiger partial charge in [0, 0.05) is 19.0 Å². The molecule has 0 radical (unpaired) electrons. The molecule has 2 aliphatic rings. The Hall–Kier alpha value is -1.88. The minimum absolute atomic E-state index is 0.0173. The van der Waals surface area contributed by atoms with Crippen molar-refractivity contribution in [2.45, 2.75) is 44.6 Å². The zero-order valence-electron chi connectivity index (χ0n) is 13.4. The molecule has 122 valence electrons. The van der Waals surface area contributed by atoms with Crippen LogP contribution in [0.2, 0.25) is 0 Å². The molecule has 23 heavy (non-hydrogen) atoms. The molecule has 2 fully saturated rings. The van der Waals surface area contributed by atoms with Gasteiger partial charge in [0.2, 0.25) is 0 Å². The van der Waals surface area contributed by atoms with E-state index in [-0.39, 0.29) is 5.69 Å². The smallest absolute Gasteiger partial charge is 0.316 e. The van der Waals surface area contributed by atoms with Crippen LogP contribution in [0.3, 0.4) is 0 Å². The van der Waals surface area contributed by atoms with Gasteiger partial charge < -0.3 is 5.32 Å². The van der Waals surface area contributed by atoms with Crippen LogP contribution >= 0.6 is 0 Å². The number of hydrogen-bond acceptors (Lipinski definition) is 3. The summed E-state index contributed by atoms with van der Waals surface area (Å²) in [5, 5.41) is 8.20. The van der Waals surface area contributed by atoms with Crippen molar-refractivity contribution < 1.29 is 0 Å². The van der Waals surface area contributed by atoms with Gasteiger partial charge in [0.25, 0.3) is 0 Å². The highest BCUT2D eigenvalue weighted by molar-refractivity contribution is 5.33. The summed E-state index contributed by atoms with van der Waals surface area (Å²) in [6.45, 7) is 2.74. The molecule has 2 aromatic rings. The lowest BCUT2D eigenvalue weighted by molar-refractivity contribution is 0.262. The average Bonchev–Trinajstić information content (AvgIpc) is 2.89. The van der Waals surface area contributed by atoms with Gasteiger partial charge in [-0.05, 0) is 50.3 Å². The third-order valence-electron chi connectivity index (χ3n) is 5.20. The van der Waals surface area contributed by atoms with Crippen molar-refractivity contribution in [3.05, 3.63) is 46.6 Å². The summed E-state index contributed by atoms with van der Waals surface area (Å²) in [5.41, 5.74) is 0.946. The van der Waals surface area contributed by atoms with Gasteiger partial charge in [-0.25, -0.2) is 14.0 Å². The normalized spacial score (nSPS) is 22.0. The first-order chi connectivity index (χ1) is 11.3. The van der Waals surface area contributed by atoms with Gasteiger partial charge in [0.1, 0.15) is 5.82 Å². The van der Waals surface area contributed by atoms with Crippen LogP contribution in [-0.2, 0) is 6.54 Å². The largest absolute Gasteiger partial charge is 0.350 e. The fourth-order valence-corrected chi connectivity index (χ4v) is 3.62. The predicted molar refractivity (Wildman–Crippen MR) is 90.0 cm³/mol. The predicted octanol–water partition coefficient (Wildman–Crippen LogP) is 2.30. The number of piperidine rings is 1. The molecule has 1 saturated heterocycles. The van der Waals surface area contributed by atoms with Crippen LogP contribution < -0.4 is 11.0 Å². The number of rotatable bonds is 4. The van der Waals surface area contributed by atoms with Crippen molar-refractivity contribution in [3.63, 3.8) is 0 Å². The Labute approximate surface area is 136 Å². The number of para-hydroxylation sites is 1. The minimum atomic E-state index is 0.0173. The topological polar surface area (TPSA) is 51.9 Å². The Morgan fingerprint density at radius 1 is 1.13 bits per heavy atom. The van der Waals surface area contributed by atoms with Crippen molar-refractivity contribution in [2.24, 2.45) is 5.92 Å². The number of aromatic nitrogens is 3. The number of nitrogens with one attached hydrogen (secondary N) is 1. The van der Waals surface area contributed by atoms with Crippen LogP contribution in [0.1, 0.15) is 43.8 Å². The molecule has 1 aromatic carbocycles. The lowest BCUT2D eigenvalue weighted by Gasteiger charge is -2.24. The molecule has 0 amide bonds. The van der Waals surface area contributed by atoms with E-state index in [2.05, 4.69) is 5.32 Å². The molecule has 1 N–H and O–H groups in total. The van der Waals surface area contributed by atoms with Gasteiger partial charge in [-0.15, -0.1) is 0 Å². The summed E-state index contributed by atoms with van der Waals surface area (Å²) in [4.78, 5) is 13.0. The molecular formula is C18H24N4O. The maximum absolute atomic E-state index is 13.0. The maximum atomic E-state index is 13.0. The molecule has 2 heterocycles. The maximum Gasteiger partial charge on any atom is 0.350 e. The highest BCUT2D eigenvalue weighted by atomic mass is 16.2. The highest BCUT2D eigenvalue weighted by Crippen LogP contribution is 2.28. The van der Waals surface area contributed by atoms with E-state index in [1.54, 1.807) is 4.68 Å². The van der Waals surface area contributed by atoms with Gasteiger partial charge >= 0.3 is 5.69 Å². The van der Waals surface area contributed by atoms with E-state index < -0.39 is 0 Å². The highest BCUT2D eigenvalue weighted by Gasteiger charge is 2.26. The van der Waals surface area contributed by atoms with Crippen molar-refractivity contribution in [2.75, 3.05) is 13.1 Å². The summed E-state index contributed by atoms with van der Waals surface area (Å²) in [5.74, 6) is 1.87. The van der Waals surface area contributed by atoms with Gasteiger partial charge in [-0.2, -0.15) is 5.10 Å². The van der Waals surface area contributed by atoms with Crippen LogP contribution in [0.25, 0.3) is 5.69 Å². The fourth-order valence-electron chi connectivity index (χ4n) is 3.62. The first-order valence-electron chi connectivity index (χ1n) is 8.79. The van der Waals surface area contributed by atoms with Crippen LogP contribution in [0.4, 0.5) is 0 Å². The van der Waals surface area contributed by atoms with Crippen LogP contribution in [0, 0.1) is 5.92 Å². The molecule has 0 bridgehead atoms. The Bertz CT molecular complexity index is 708. The Morgan fingerprint density at radius 2 is 1.96 bits per heavy atom. The molecule has 5 nitrogen and oxygen atoms in total.